The number of carbonyl (C=O) groups is 1. The number of hydrogen-bond acceptors (Lipinski definition) is 6. The molecule has 1 amide bonds. The summed E-state index contributed by atoms with van der Waals surface area (Å²) < 4.78 is 1.46. The summed E-state index contributed by atoms with van der Waals surface area (Å²) in [6, 6.07) is 9.08. The van der Waals surface area contributed by atoms with Crippen LogP contribution in [0.4, 0.5) is 0 Å². The van der Waals surface area contributed by atoms with Crippen LogP contribution in [0.3, 0.4) is 0 Å². The summed E-state index contributed by atoms with van der Waals surface area (Å²) in [5, 5.41) is 25.0. The maximum Gasteiger partial charge on any atom is 0.290 e. The lowest BCUT2D eigenvalue weighted by Crippen LogP contribution is -2.35. The van der Waals surface area contributed by atoms with Crippen LogP contribution in [0.25, 0.3) is 5.69 Å². The largest absolute Gasteiger partial charge is 0.349 e. The Labute approximate surface area is 145 Å². The maximum absolute atomic E-state index is 12.2. The van der Waals surface area contributed by atoms with E-state index in [0.717, 1.165) is 13.0 Å². The van der Waals surface area contributed by atoms with E-state index in [2.05, 4.69) is 27.7 Å². The fraction of sp³-hybridized carbons (Fsp3) is 0.353. The van der Waals surface area contributed by atoms with E-state index in [4.69, 9.17) is 10.5 Å². The molecule has 0 spiro atoms. The number of amides is 1. The number of benzene rings is 1. The number of aromatic nitrogens is 3. The van der Waals surface area contributed by atoms with Crippen LogP contribution in [0, 0.1) is 28.7 Å². The van der Waals surface area contributed by atoms with E-state index in [1.807, 2.05) is 6.92 Å². The van der Waals surface area contributed by atoms with Gasteiger partial charge in [-0.25, -0.2) is 9.67 Å². The Kier molecular flexibility index (Phi) is 4.62. The summed E-state index contributed by atoms with van der Waals surface area (Å²) in [4.78, 5) is 18.0. The highest BCUT2D eigenvalue weighted by molar-refractivity contribution is 5.90. The van der Waals surface area contributed by atoms with Crippen molar-refractivity contribution in [1.29, 1.82) is 10.5 Å². The van der Waals surface area contributed by atoms with Gasteiger partial charge in [0.15, 0.2) is 6.19 Å². The quantitative estimate of drug-likeness (QED) is 0.836. The first kappa shape index (κ1) is 16.5. The monoisotopic (exact) mass is 335 g/mol. The molecule has 1 aliphatic heterocycles. The first-order chi connectivity index (χ1) is 12.1. The molecule has 0 aliphatic carbocycles. The summed E-state index contributed by atoms with van der Waals surface area (Å²) in [5.41, 5.74) is 1.18. The van der Waals surface area contributed by atoms with Crippen LogP contribution < -0.4 is 5.32 Å². The van der Waals surface area contributed by atoms with Crippen LogP contribution in [-0.4, -0.2) is 44.7 Å². The molecule has 3 rings (SSSR count). The molecule has 1 N–H and O–H groups in total. The van der Waals surface area contributed by atoms with Crippen LogP contribution in [0.2, 0.25) is 0 Å². The Morgan fingerprint density at radius 1 is 1.44 bits per heavy atom. The molecule has 1 unspecified atom stereocenters. The van der Waals surface area contributed by atoms with Crippen LogP contribution in [0.1, 0.15) is 29.5 Å². The molecule has 8 nitrogen and oxygen atoms in total. The van der Waals surface area contributed by atoms with Crippen LogP contribution in [0.5, 0.6) is 0 Å². The minimum absolute atomic E-state index is 0.0742. The number of nitrogens with one attached hydrogen (secondary N) is 1. The smallest absolute Gasteiger partial charge is 0.290 e. The van der Waals surface area contributed by atoms with E-state index in [1.54, 1.807) is 29.2 Å². The Morgan fingerprint density at radius 3 is 3.00 bits per heavy atom. The number of hydrogen-bond donors (Lipinski definition) is 1. The SMILES string of the molecule is C[C@H]1C(CNC(=O)c2ncn(-c3cccc(C#N)c3)n2)CCN1C#N. The fourth-order valence-electron chi connectivity index (χ4n) is 2.93. The van der Waals surface area contributed by atoms with Gasteiger partial charge in [0.1, 0.15) is 6.33 Å². The summed E-state index contributed by atoms with van der Waals surface area (Å²) in [7, 11) is 0. The van der Waals surface area contributed by atoms with Gasteiger partial charge in [0.05, 0.1) is 17.3 Å². The van der Waals surface area contributed by atoms with Gasteiger partial charge in [0.2, 0.25) is 5.82 Å². The lowest BCUT2D eigenvalue weighted by molar-refractivity contribution is 0.0935. The molecular formula is C17H17N7O. The van der Waals surface area contributed by atoms with E-state index in [9.17, 15) is 4.79 Å². The Morgan fingerprint density at radius 2 is 2.28 bits per heavy atom. The highest BCUT2D eigenvalue weighted by atomic mass is 16.2. The topological polar surface area (TPSA) is 111 Å². The molecule has 1 aliphatic rings. The third kappa shape index (κ3) is 3.43. The minimum atomic E-state index is -0.349. The first-order valence-electron chi connectivity index (χ1n) is 7.99. The Balaban J connectivity index is 1.63. The van der Waals surface area contributed by atoms with Crippen molar-refractivity contribution in [2.75, 3.05) is 13.1 Å². The van der Waals surface area contributed by atoms with Gasteiger partial charge in [-0.3, -0.25) is 4.79 Å². The predicted molar refractivity (Wildman–Crippen MR) is 88.3 cm³/mol. The molecule has 8 heteroatoms. The van der Waals surface area contributed by atoms with Gasteiger partial charge in [-0.1, -0.05) is 6.07 Å². The summed E-state index contributed by atoms with van der Waals surface area (Å²) in [6.45, 7) is 3.19. The van der Waals surface area contributed by atoms with Gasteiger partial charge < -0.3 is 10.2 Å². The van der Waals surface area contributed by atoms with Gasteiger partial charge in [0.25, 0.3) is 5.91 Å². The average molecular weight is 335 g/mol. The molecule has 0 bridgehead atoms. The average Bonchev–Trinajstić information content (AvgIpc) is 3.27. The van der Waals surface area contributed by atoms with E-state index in [1.165, 1.54) is 11.0 Å². The molecule has 0 radical (unpaired) electrons. The number of rotatable bonds is 4. The molecule has 2 heterocycles. The molecule has 2 aromatic rings. The van der Waals surface area contributed by atoms with Crippen molar-refractivity contribution in [1.82, 2.24) is 25.0 Å². The minimum Gasteiger partial charge on any atom is -0.349 e. The molecule has 1 saturated heterocycles. The van der Waals surface area contributed by atoms with Crippen molar-refractivity contribution < 1.29 is 4.79 Å². The van der Waals surface area contributed by atoms with Crippen molar-refractivity contribution in [3.8, 4) is 17.9 Å². The van der Waals surface area contributed by atoms with E-state index >= 15 is 0 Å². The van der Waals surface area contributed by atoms with Gasteiger partial charge in [-0.05, 0) is 37.5 Å². The van der Waals surface area contributed by atoms with E-state index in [0.29, 0.717) is 17.8 Å². The van der Waals surface area contributed by atoms with Gasteiger partial charge in [0, 0.05) is 19.1 Å². The Bertz CT molecular complexity index is 860. The first-order valence-corrected chi connectivity index (χ1v) is 7.99. The number of carbonyl (C=O) groups excluding carboxylic acids is 1. The van der Waals surface area contributed by atoms with Crippen molar-refractivity contribution in [2.45, 2.75) is 19.4 Å². The Hall–Kier alpha value is -3.39. The summed E-state index contributed by atoms with van der Waals surface area (Å²) in [5.74, 6) is -0.0408. The molecule has 2 atom stereocenters. The maximum atomic E-state index is 12.2. The van der Waals surface area contributed by atoms with Crippen molar-refractivity contribution in [3.05, 3.63) is 42.0 Å². The summed E-state index contributed by atoms with van der Waals surface area (Å²) in [6.07, 6.45) is 4.48. The van der Waals surface area contributed by atoms with E-state index < -0.39 is 0 Å². The normalized spacial score (nSPS) is 19.2. The zero-order valence-corrected chi connectivity index (χ0v) is 13.8. The lowest BCUT2D eigenvalue weighted by Gasteiger charge is -2.19. The molecule has 1 aromatic heterocycles. The summed E-state index contributed by atoms with van der Waals surface area (Å²) >= 11 is 0. The second-order valence-corrected chi connectivity index (χ2v) is 5.97. The standard InChI is InChI=1S/C17H17N7O/c1-12-14(5-6-23(12)10-19)9-20-17(25)16-21-11-24(22-16)15-4-2-3-13(7-15)8-18/h2-4,7,11-12,14H,5-6,9H2,1H3,(H,20,25)/t12-,14?/m0/s1. The zero-order valence-electron chi connectivity index (χ0n) is 13.8. The van der Waals surface area contributed by atoms with Gasteiger partial charge >= 0.3 is 0 Å². The molecule has 25 heavy (non-hydrogen) atoms. The second kappa shape index (κ2) is 7.02. The van der Waals surface area contributed by atoms with Crippen molar-refractivity contribution >= 4 is 5.91 Å². The van der Waals surface area contributed by atoms with Crippen LogP contribution >= 0.6 is 0 Å². The number of nitrogens with zero attached hydrogens (tertiary/aromatic N) is 6. The number of nitriles is 2. The van der Waals surface area contributed by atoms with Crippen LogP contribution in [0.15, 0.2) is 30.6 Å². The molecule has 0 saturated carbocycles. The molecule has 1 aromatic carbocycles. The fourth-order valence-corrected chi connectivity index (χ4v) is 2.93. The molecular weight excluding hydrogens is 318 g/mol. The van der Waals surface area contributed by atoms with E-state index in [-0.39, 0.29) is 23.7 Å². The van der Waals surface area contributed by atoms with Crippen molar-refractivity contribution in [2.24, 2.45) is 5.92 Å². The third-order valence-corrected chi connectivity index (χ3v) is 4.50. The third-order valence-electron chi connectivity index (χ3n) is 4.50. The lowest BCUT2D eigenvalue weighted by atomic mass is 10.0. The zero-order chi connectivity index (χ0) is 17.8. The van der Waals surface area contributed by atoms with Gasteiger partial charge in [-0.2, -0.15) is 10.5 Å². The molecule has 1 fully saturated rings. The predicted octanol–water partition coefficient (Wildman–Crippen LogP) is 1.06. The number of likely N-dealkylation sites (tertiary alicyclic amines) is 1. The van der Waals surface area contributed by atoms with Crippen LogP contribution in [-0.2, 0) is 0 Å². The highest BCUT2D eigenvalue weighted by Crippen LogP contribution is 2.22. The van der Waals surface area contributed by atoms with Gasteiger partial charge in [-0.15, -0.1) is 5.10 Å². The highest BCUT2D eigenvalue weighted by Gasteiger charge is 2.30. The van der Waals surface area contributed by atoms with Crippen molar-refractivity contribution in [3.63, 3.8) is 0 Å². The molecule has 126 valence electrons. The second-order valence-electron chi connectivity index (χ2n) is 5.97.